The molecular weight excluding hydrogens is 665 g/mol. The monoisotopic (exact) mass is 754 g/mol. The molecule has 1 unspecified atom stereocenters. The van der Waals surface area contributed by atoms with Gasteiger partial charge in [0.15, 0.2) is 0 Å². The van der Waals surface area contributed by atoms with E-state index in [1.165, 1.54) is 215 Å². The SMILES string of the molecule is CCCCCCCCCCCCCCCCCCC[n+]1cc(CC(C)c2ccccc2)n(CCCCCCCCCCCCCCC)c1Cc1ccccc1. The molecule has 0 spiro atoms. The molecule has 1 atom stereocenters. The Morgan fingerprint density at radius 1 is 0.455 bits per heavy atom. The number of imidazole rings is 1. The zero-order valence-corrected chi connectivity index (χ0v) is 36.9. The second-order valence-corrected chi connectivity index (χ2v) is 17.5. The fraction of sp³-hybridized carbons (Fsp3) is 0.717. The standard InChI is InChI=1S/C53H89N2/c1-4-6-8-10-12-14-16-18-19-20-21-23-24-26-28-30-38-44-54-48-52(46-49(3)51-42-36-33-37-43-51)55(53(54)47-50-40-34-32-35-41-50)45-39-31-29-27-25-22-17-15-13-11-9-7-5-2/h32-37,40-43,48-49H,4-31,38-39,44-47H2,1-3H3/q+1. The lowest BCUT2D eigenvalue weighted by Crippen LogP contribution is -2.37. The van der Waals surface area contributed by atoms with Crippen molar-refractivity contribution in [3.63, 3.8) is 0 Å². The summed E-state index contributed by atoms with van der Waals surface area (Å²) in [6.07, 6.45) is 47.3. The van der Waals surface area contributed by atoms with E-state index in [4.69, 9.17) is 0 Å². The van der Waals surface area contributed by atoms with Crippen molar-refractivity contribution in [3.8, 4) is 0 Å². The van der Waals surface area contributed by atoms with Crippen molar-refractivity contribution < 1.29 is 4.57 Å². The van der Waals surface area contributed by atoms with E-state index in [1.54, 1.807) is 0 Å². The van der Waals surface area contributed by atoms with Gasteiger partial charge in [-0.05, 0) is 42.7 Å². The molecule has 0 fully saturated rings. The van der Waals surface area contributed by atoms with E-state index in [-0.39, 0.29) is 0 Å². The van der Waals surface area contributed by atoms with Gasteiger partial charge >= 0.3 is 0 Å². The first-order valence-corrected chi connectivity index (χ1v) is 24.4. The molecule has 0 bridgehead atoms. The Morgan fingerprint density at radius 3 is 1.27 bits per heavy atom. The van der Waals surface area contributed by atoms with Gasteiger partial charge in [-0.2, -0.15) is 0 Å². The van der Waals surface area contributed by atoms with E-state index in [2.05, 4.69) is 96.8 Å². The van der Waals surface area contributed by atoms with Crippen LogP contribution in [0.1, 0.15) is 242 Å². The third-order valence-electron chi connectivity index (χ3n) is 12.4. The zero-order chi connectivity index (χ0) is 38.9. The normalized spacial score (nSPS) is 12.1. The van der Waals surface area contributed by atoms with Crippen molar-refractivity contribution in [2.45, 2.75) is 245 Å². The Morgan fingerprint density at radius 2 is 0.836 bits per heavy atom. The highest BCUT2D eigenvalue weighted by Crippen LogP contribution is 2.23. The lowest BCUT2D eigenvalue weighted by Gasteiger charge is -2.12. The van der Waals surface area contributed by atoms with Gasteiger partial charge in [0.25, 0.3) is 5.82 Å². The first-order valence-electron chi connectivity index (χ1n) is 24.4. The van der Waals surface area contributed by atoms with E-state index in [1.807, 2.05) is 0 Å². The largest absolute Gasteiger partial charge is 0.261 e. The Bertz CT molecular complexity index is 1260. The Balaban J connectivity index is 1.46. The van der Waals surface area contributed by atoms with Crippen molar-refractivity contribution in [3.05, 3.63) is 89.5 Å². The van der Waals surface area contributed by atoms with Crippen LogP contribution in [-0.4, -0.2) is 4.57 Å². The number of unbranched alkanes of at least 4 members (excludes halogenated alkanes) is 28. The van der Waals surface area contributed by atoms with E-state index in [0.29, 0.717) is 5.92 Å². The molecule has 0 saturated heterocycles. The molecule has 55 heavy (non-hydrogen) atoms. The average molecular weight is 754 g/mol. The molecule has 1 heterocycles. The summed E-state index contributed by atoms with van der Waals surface area (Å²) >= 11 is 0. The van der Waals surface area contributed by atoms with Crippen LogP contribution < -0.4 is 4.57 Å². The van der Waals surface area contributed by atoms with Gasteiger partial charge in [-0.25, -0.2) is 9.13 Å². The van der Waals surface area contributed by atoms with Crippen LogP contribution in [-0.2, 0) is 25.9 Å². The van der Waals surface area contributed by atoms with Crippen molar-refractivity contribution in [1.29, 1.82) is 0 Å². The summed E-state index contributed by atoms with van der Waals surface area (Å²) < 4.78 is 5.44. The molecule has 2 aromatic carbocycles. The van der Waals surface area contributed by atoms with Crippen LogP contribution in [0.3, 0.4) is 0 Å². The zero-order valence-electron chi connectivity index (χ0n) is 36.9. The number of rotatable bonds is 37. The predicted octanol–water partition coefficient (Wildman–Crippen LogP) is 16.5. The molecule has 0 aliphatic rings. The van der Waals surface area contributed by atoms with E-state index in [9.17, 15) is 0 Å². The van der Waals surface area contributed by atoms with Crippen molar-refractivity contribution in [2.75, 3.05) is 0 Å². The highest BCUT2D eigenvalue weighted by Gasteiger charge is 2.25. The summed E-state index contributed by atoms with van der Waals surface area (Å²) in [4.78, 5) is 0. The van der Waals surface area contributed by atoms with E-state index >= 15 is 0 Å². The van der Waals surface area contributed by atoms with Crippen molar-refractivity contribution in [2.24, 2.45) is 0 Å². The Kier molecular flexibility index (Phi) is 28.0. The van der Waals surface area contributed by atoms with E-state index < -0.39 is 0 Å². The highest BCUT2D eigenvalue weighted by molar-refractivity contribution is 5.22. The first-order chi connectivity index (χ1) is 27.2. The summed E-state index contributed by atoms with van der Waals surface area (Å²) in [5.74, 6) is 2.04. The minimum absolute atomic E-state index is 0.514. The Labute approximate surface area is 342 Å². The fourth-order valence-electron chi connectivity index (χ4n) is 8.76. The summed E-state index contributed by atoms with van der Waals surface area (Å²) in [7, 11) is 0. The summed E-state index contributed by atoms with van der Waals surface area (Å²) in [6.45, 7) is 9.36. The first kappa shape index (κ1) is 47.0. The van der Waals surface area contributed by atoms with Crippen LogP contribution in [0.5, 0.6) is 0 Å². The van der Waals surface area contributed by atoms with Gasteiger partial charge in [-0.1, -0.05) is 248 Å². The quantitative estimate of drug-likeness (QED) is 0.0409. The van der Waals surface area contributed by atoms with Gasteiger partial charge in [0.2, 0.25) is 0 Å². The van der Waals surface area contributed by atoms with Crippen LogP contribution in [0.2, 0.25) is 0 Å². The molecule has 310 valence electrons. The molecular formula is C53H89N2+. The maximum absolute atomic E-state index is 2.76. The summed E-state index contributed by atoms with van der Waals surface area (Å²) in [5, 5.41) is 0. The third kappa shape index (κ3) is 22.2. The maximum Gasteiger partial charge on any atom is 0.261 e. The van der Waals surface area contributed by atoms with Gasteiger partial charge in [-0.3, -0.25) is 0 Å². The molecule has 3 rings (SSSR count). The lowest BCUT2D eigenvalue weighted by atomic mass is 9.96. The fourth-order valence-corrected chi connectivity index (χ4v) is 8.76. The summed E-state index contributed by atoms with van der Waals surface area (Å²) in [5.41, 5.74) is 4.43. The number of aryl methyl sites for hydroxylation is 1. The van der Waals surface area contributed by atoms with Gasteiger partial charge in [0.05, 0.1) is 19.5 Å². The molecule has 1 aromatic heterocycles. The topological polar surface area (TPSA) is 8.81 Å². The summed E-state index contributed by atoms with van der Waals surface area (Å²) in [6, 6.07) is 22.5. The van der Waals surface area contributed by atoms with Crippen LogP contribution in [0.15, 0.2) is 66.9 Å². The average Bonchev–Trinajstić information content (AvgIpc) is 3.52. The molecule has 0 radical (unpaired) electrons. The number of nitrogens with zero attached hydrogens (tertiary/aromatic N) is 2. The van der Waals surface area contributed by atoms with Crippen LogP contribution in [0.4, 0.5) is 0 Å². The predicted molar refractivity (Wildman–Crippen MR) is 242 cm³/mol. The number of aromatic nitrogens is 2. The Hall–Kier alpha value is -2.35. The lowest BCUT2D eigenvalue weighted by molar-refractivity contribution is -0.704. The molecule has 3 aromatic rings. The minimum Gasteiger partial charge on any atom is -0.234 e. The van der Waals surface area contributed by atoms with Crippen LogP contribution >= 0.6 is 0 Å². The molecule has 2 nitrogen and oxygen atoms in total. The molecule has 0 N–H and O–H groups in total. The number of hydrogen-bond acceptors (Lipinski definition) is 0. The van der Waals surface area contributed by atoms with Crippen LogP contribution in [0.25, 0.3) is 0 Å². The third-order valence-corrected chi connectivity index (χ3v) is 12.4. The maximum atomic E-state index is 2.76. The molecule has 0 aliphatic heterocycles. The molecule has 0 saturated carbocycles. The van der Waals surface area contributed by atoms with Crippen molar-refractivity contribution >= 4 is 0 Å². The number of hydrogen-bond donors (Lipinski definition) is 0. The molecule has 0 amide bonds. The second kappa shape index (κ2) is 32.7. The van der Waals surface area contributed by atoms with Crippen molar-refractivity contribution in [1.82, 2.24) is 4.57 Å². The van der Waals surface area contributed by atoms with Gasteiger partial charge < -0.3 is 0 Å². The smallest absolute Gasteiger partial charge is 0.234 e. The number of benzene rings is 2. The van der Waals surface area contributed by atoms with E-state index in [0.717, 1.165) is 25.9 Å². The molecule has 0 aliphatic carbocycles. The minimum atomic E-state index is 0.514. The van der Waals surface area contributed by atoms with Gasteiger partial charge in [0, 0.05) is 6.42 Å². The highest BCUT2D eigenvalue weighted by atomic mass is 15.2. The van der Waals surface area contributed by atoms with Gasteiger partial charge in [-0.15, -0.1) is 0 Å². The molecule has 2 heteroatoms. The second-order valence-electron chi connectivity index (χ2n) is 17.5. The van der Waals surface area contributed by atoms with Gasteiger partial charge in [0.1, 0.15) is 11.9 Å². The van der Waals surface area contributed by atoms with Crippen LogP contribution in [0, 0.1) is 0 Å².